The number of carbonyl (C=O) groups is 2. The summed E-state index contributed by atoms with van der Waals surface area (Å²) in [5.41, 5.74) is 3.01. The molecule has 0 saturated carbocycles. The van der Waals surface area contributed by atoms with E-state index < -0.39 is 0 Å². The number of ether oxygens (including phenoxy) is 1. The third-order valence-corrected chi connectivity index (χ3v) is 5.73. The van der Waals surface area contributed by atoms with Gasteiger partial charge >= 0.3 is 0 Å². The minimum Gasteiger partial charge on any atom is -0.483 e. The lowest BCUT2D eigenvalue weighted by molar-refractivity contribution is -0.134. The molecule has 2 amide bonds. The second-order valence-corrected chi connectivity index (χ2v) is 8.16. The van der Waals surface area contributed by atoms with Crippen LogP contribution < -0.4 is 10.1 Å². The molecule has 0 spiro atoms. The molecule has 5 nitrogen and oxygen atoms in total. The number of hydrogen-bond acceptors (Lipinski definition) is 3. The summed E-state index contributed by atoms with van der Waals surface area (Å²) in [6, 6.07) is 15.7. The summed E-state index contributed by atoms with van der Waals surface area (Å²) in [5.74, 6) is 1.17. The van der Waals surface area contributed by atoms with Crippen molar-refractivity contribution in [2.75, 3.05) is 19.7 Å². The van der Waals surface area contributed by atoms with Crippen molar-refractivity contribution in [2.45, 2.75) is 52.0 Å². The van der Waals surface area contributed by atoms with Crippen molar-refractivity contribution in [3.8, 4) is 5.75 Å². The largest absolute Gasteiger partial charge is 0.483 e. The summed E-state index contributed by atoms with van der Waals surface area (Å²) in [5, 5.41) is 3.11. The Hall–Kier alpha value is -2.82. The zero-order chi connectivity index (χ0) is 21.5. The standard InChI is InChI=1S/C25H32N2O3/c1-4-19-7-5-6-8-23(19)30-17-24(28)27-15-13-22(14-16-27)26-25(29)21-11-9-20(10-12-21)18(2)3/h5-12,18,22H,4,13-17H2,1-3H3,(H,26,29). The smallest absolute Gasteiger partial charge is 0.260 e. The number of likely N-dealkylation sites (tertiary alicyclic amines) is 1. The Bertz CT molecular complexity index is 853. The molecule has 0 aliphatic carbocycles. The van der Waals surface area contributed by atoms with Gasteiger partial charge in [0.25, 0.3) is 11.8 Å². The maximum absolute atomic E-state index is 12.5. The Labute approximate surface area is 179 Å². The number of rotatable bonds is 7. The highest BCUT2D eigenvalue weighted by Gasteiger charge is 2.24. The van der Waals surface area contributed by atoms with E-state index in [0.29, 0.717) is 24.6 Å². The lowest BCUT2D eigenvalue weighted by Crippen LogP contribution is -2.47. The monoisotopic (exact) mass is 408 g/mol. The van der Waals surface area contributed by atoms with E-state index in [1.54, 1.807) is 0 Å². The van der Waals surface area contributed by atoms with Gasteiger partial charge in [0.15, 0.2) is 6.61 Å². The molecule has 0 bridgehead atoms. The van der Waals surface area contributed by atoms with Crippen LogP contribution in [0.25, 0.3) is 0 Å². The van der Waals surface area contributed by atoms with Gasteiger partial charge in [0.2, 0.25) is 0 Å². The van der Waals surface area contributed by atoms with Crippen molar-refractivity contribution < 1.29 is 14.3 Å². The van der Waals surface area contributed by atoms with E-state index in [1.165, 1.54) is 5.56 Å². The van der Waals surface area contributed by atoms with Gasteiger partial charge in [-0.3, -0.25) is 9.59 Å². The minimum atomic E-state index is -0.0467. The summed E-state index contributed by atoms with van der Waals surface area (Å²) >= 11 is 0. The lowest BCUT2D eigenvalue weighted by Gasteiger charge is -2.32. The molecule has 0 atom stereocenters. The number of para-hydroxylation sites is 1. The van der Waals surface area contributed by atoms with Gasteiger partial charge in [-0.1, -0.05) is 51.1 Å². The lowest BCUT2D eigenvalue weighted by atomic mass is 10.0. The molecule has 2 aromatic rings. The molecule has 0 unspecified atom stereocenters. The minimum absolute atomic E-state index is 0.00467. The molecule has 0 radical (unpaired) electrons. The molecule has 1 fully saturated rings. The molecule has 5 heteroatoms. The molecule has 160 valence electrons. The van der Waals surface area contributed by atoms with Gasteiger partial charge in [0.1, 0.15) is 5.75 Å². The average Bonchev–Trinajstić information content (AvgIpc) is 2.78. The molecule has 2 aromatic carbocycles. The Morgan fingerprint density at radius 1 is 1.07 bits per heavy atom. The number of benzene rings is 2. The molecule has 0 aromatic heterocycles. The van der Waals surface area contributed by atoms with Crippen LogP contribution >= 0.6 is 0 Å². The highest BCUT2D eigenvalue weighted by Crippen LogP contribution is 2.19. The van der Waals surface area contributed by atoms with Gasteiger partial charge in [0.05, 0.1) is 0 Å². The number of hydrogen-bond donors (Lipinski definition) is 1. The van der Waals surface area contributed by atoms with E-state index in [9.17, 15) is 9.59 Å². The normalized spacial score (nSPS) is 14.6. The van der Waals surface area contributed by atoms with Crippen LogP contribution in [-0.2, 0) is 11.2 Å². The summed E-state index contributed by atoms with van der Waals surface area (Å²) in [6.07, 6.45) is 2.38. The van der Waals surface area contributed by atoms with Gasteiger partial charge in [0, 0.05) is 24.7 Å². The molecular formula is C25H32N2O3. The molecule has 30 heavy (non-hydrogen) atoms. The van der Waals surface area contributed by atoms with Crippen LogP contribution in [0, 0.1) is 0 Å². The number of nitrogens with one attached hydrogen (secondary N) is 1. The van der Waals surface area contributed by atoms with Gasteiger partial charge in [-0.2, -0.15) is 0 Å². The molecule has 1 aliphatic heterocycles. The zero-order valence-electron chi connectivity index (χ0n) is 18.2. The van der Waals surface area contributed by atoms with Crippen LogP contribution in [0.4, 0.5) is 0 Å². The molecule has 1 saturated heterocycles. The summed E-state index contributed by atoms with van der Waals surface area (Å²) < 4.78 is 5.76. The Morgan fingerprint density at radius 2 is 1.73 bits per heavy atom. The Balaban J connectivity index is 1.45. The number of nitrogens with zero attached hydrogens (tertiary/aromatic N) is 1. The van der Waals surface area contributed by atoms with Crippen LogP contribution in [0.5, 0.6) is 5.75 Å². The van der Waals surface area contributed by atoms with Crippen LogP contribution in [0.2, 0.25) is 0 Å². The predicted octanol–water partition coefficient (Wildman–Crippen LogP) is 4.17. The first kappa shape index (κ1) is 21.9. The molecule has 3 rings (SSSR count). The van der Waals surface area contributed by atoms with Crippen LogP contribution in [-0.4, -0.2) is 42.5 Å². The quantitative estimate of drug-likeness (QED) is 0.748. The average molecular weight is 409 g/mol. The van der Waals surface area contributed by atoms with Gasteiger partial charge in [-0.25, -0.2) is 0 Å². The summed E-state index contributed by atoms with van der Waals surface area (Å²) in [6.45, 7) is 7.66. The topological polar surface area (TPSA) is 58.6 Å². The molecular weight excluding hydrogens is 376 g/mol. The van der Waals surface area contributed by atoms with Gasteiger partial charge < -0.3 is 15.0 Å². The van der Waals surface area contributed by atoms with E-state index >= 15 is 0 Å². The number of amides is 2. The van der Waals surface area contributed by atoms with E-state index in [4.69, 9.17) is 4.74 Å². The molecule has 1 heterocycles. The predicted molar refractivity (Wildman–Crippen MR) is 119 cm³/mol. The fourth-order valence-corrected chi connectivity index (χ4v) is 3.73. The first-order valence-corrected chi connectivity index (χ1v) is 10.9. The first-order chi connectivity index (χ1) is 14.5. The number of carbonyl (C=O) groups excluding carboxylic acids is 2. The molecule has 1 aliphatic rings. The van der Waals surface area contributed by atoms with Crippen molar-refractivity contribution in [1.82, 2.24) is 10.2 Å². The van der Waals surface area contributed by atoms with E-state index in [-0.39, 0.29) is 24.5 Å². The van der Waals surface area contributed by atoms with Crippen molar-refractivity contribution in [2.24, 2.45) is 0 Å². The third-order valence-electron chi connectivity index (χ3n) is 5.73. The van der Waals surface area contributed by atoms with Crippen LogP contribution in [0.3, 0.4) is 0 Å². The fourth-order valence-electron chi connectivity index (χ4n) is 3.73. The second kappa shape index (κ2) is 10.3. The SMILES string of the molecule is CCc1ccccc1OCC(=O)N1CCC(NC(=O)c2ccc(C(C)C)cc2)CC1. The number of piperidine rings is 1. The van der Waals surface area contributed by atoms with Crippen molar-refractivity contribution in [3.63, 3.8) is 0 Å². The van der Waals surface area contributed by atoms with Crippen molar-refractivity contribution >= 4 is 11.8 Å². The maximum Gasteiger partial charge on any atom is 0.260 e. The van der Waals surface area contributed by atoms with E-state index in [2.05, 4.69) is 26.1 Å². The van der Waals surface area contributed by atoms with Gasteiger partial charge in [-0.15, -0.1) is 0 Å². The van der Waals surface area contributed by atoms with Gasteiger partial charge in [-0.05, 0) is 54.5 Å². The number of aryl methyl sites for hydroxylation is 1. The summed E-state index contributed by atoms with van der Waals surface area (Å²) in [7, 11) is 0. The zero-order valence-corrected chi connectivity index (χ0v) is 18.2. The Kier molecular flexibility index (Phi) is 7.50. The maximum atomic E-state index is 12.5. The van der Waals surface area contributed by atoms with E-state index in [0.717, 1.165) is 30.6 Å². The Morgan fingerprint density at radius 3 is 2.37 bits per heavy atom. The fraction of sp³-hybridized carbons (Fsp3) is 0.440. The highest BCUT2D eigenvalue weighted by atomic mass is 16.5. The van der Waals surface area contributed by atoms with Crippen LogP contribution in [0.1, 0.15) is 61.0 Å². The molecule has 1 N–H and O–H groups in total. The van der Waals surface area contributed by atoms with Crippen molar-refractivity contribution in [1.29, 1.82) is 0 Å². The van der Waals surface area contributed by atoms with Crippen LogP contribution in [0.15, 0.2) is 48.5 Å². The second-order valence-electron chi connectivity index (χ2n) is 8.16. The van der Waals surface area contributed by atoms with E-state index in [1.807, 2.05) is 53.4 Å². The first-order valence-electron chi connectivity index (χ1n) is 10.9. The summed E-state index contributed by atoms with van der Waals surface area (Å²) in [4.78, 5) is 26.9. The highest BCUT2D eigenvalue weighted by molar-refractivity contribution is 5.94. The third kappa shape index (κ3) is 5.62. The van der Waals surface area contributed by atoms with Crippen molar-refractivity contribution in [3.05, 3.63) is 65.2 Å².